The fourth-order valence-electron chi connectivity index (χ4n) is 1.53. The molecular formula is C10H16ClNO. The third-order valence-corrected chi connectivity index (χ3v) is 2.29. The summed E-state index contributed by atoms with van der Waals surface area (Å²) in [7, 11) is 0. The minimum absolute atomic E-state index is 0. The molecule has 1 aromatic rings. The molecule has 3 N–H and O–H groups in total. The second kappa shape index (κ2) is 4.49. The van der Waals surface area contributed by atoms with Crippen LogP contribution in [0.5, 0.6) is 5.75 Å². The predicted octanol–water partition coefficient (Wildman–Crippen LogP) is 2.20. The van der Waals surface area contributed by atoms with Crippen molar-refractivity contribution in [2.45, 2.75) is 27.3 Å². The van der Waals surface area contributed by atoms with Gasteiger partial charge >= 0.3 is 0 Å². The third-order valence-electron chi connectivity index (χ3n) is 2.29. The second-order valence-electron chi connectivity index (χ2n) is 3.17. The summed E-state index contributed by atoms with van der Waals surface area (Å²) >= 11 is 0. The van der Waals surface area contributed by atoms with E-state index in [0.29, 0.717) is 12.3 Å². The average Bonchev–Trinajstić information content (AvgIpc) is 2.01. The Morgan fingerprint density at radius 3 is 2.23 bits per heavy atom. The lowest BCUT2D eigenvalue weighted by Crippen LogP contribution is -2.02. The van der Waals surface area contributed by atoms with Crippen molar-refractivity contribution in [3.8, 4) is 5.75 Å². The number of phenols is 1. The number of benzene rings is 1. The minimum atomic E-state index is 0. The molecule has 74 valence electrons. The van der Waals surface area contributed by atoms with Crippen molar-refractivity contribution in [2.24, 2.45) is 5.73 Å². The number of hydrogen-bond acceptors (Lipinski definition) is 2. The van der Waals surface area contributed by atoms with Crippen molar-refractivity contribution in [1.82, 2.24) is 0 Å². The largest absolute Gasteiger partial charge is 0.507 e. The molecular weight excluding hydrogens is 186 g/mol. The molecule has 0 saturated heterocycles. The van der Waals surface area contributed by atoms with Gasteiger partial charge in [-0.1, -0.05) is 6.07 Å². The summed E-state index contributed by atoms with van der Waals surface area (Å²) in [5, 5.41) is 9.59. The highest BCUT2D eigenvalue weighted by atomic mass is 35.5. The van der Waals surface area contributed by atoms with Crippen molar-refractivity contribution in [1.29, 1.82) is 0 Å². The molecule has 0 amide bonds. The molecule has 13 heavy (non-hydrogen) atoms. The first-order chi connectivity index (χ1) is 5.57. The van der Waals surface area contributed by atoms with Gasteiger partial charge in [-0.15, -0.1) is 12.4 Å². The molecule has 0 heterocycles. The van der Waals surface area contributed by atoms with Gasteiger partial charge in [0.25, 0.3) is 0 Å². The highest BCUT2D eigenvalue weighted by Gasteiger charge is 2.07. The molecule has 0 atom stereocenters. The van der Waals surface area contributed by atoms with Crippen LogP contribution in [0.4, 0.5) is 0 Å². The number of aryl methyl sites for hydroxylation is 2. The van der Waals surface area contributed by atoms with Crippen LogP contribution in [-0.2, 0) is 6.54 Å². The van der Waals surface area contributed by atoms with Crippen LogP contribution in [0, 0.1) is 20.8 Å². The summed E-state index contributed by atoms with van der Waals surface area (Å²) in [6.07, 6.45) is 0. The van der Waals surface area contributed by atoms with E-state index in [0.717, 1.165) is 22.3 Å². The van der Waals surface area contributed by atoms with Crippen molar-refractivity contribution in [3.05, 3.63) is 28.3 Å². The van der Waals surface area contributed by atoms with Crippen LogP contribution in [0.2, 0.25) is 0 Å². The van der Waals surface area contributed by atoms with Gasteiger partial charge < -0.3 is 10.8 Å². The Labute approximate surface area is 85.2 Å². The Bertz CT molecular complexity index is 310. The Morgan fingerprint density at radius 1 is 1.23 bits per heavy atom. The molecule has 1 rings (SSSR count). The number of rotatable bonds is 1. The number of hydrogen-bond donors (Lipinski definition) is 2. The maximum Gasteiger partial charge on any atom is 0.121 e. The lowest BCUT2D eigenvalue weighted by molar-refractivity contribution is 0.465. The van der Waals surface area contributed by atoms with E-state index < -0.39 is 0 Å². The Hall–Kier alpha value is -0.730. The van der Waals surface area contributed by atoms with Crippen LogP contribution < -0.4 is 5.73 Å². The monoisotopic (exact) mass is 201 g/mol. The van der Waals surface area contributed by atoms with Gasteiger partial charge in [-0.05, 0) is 43.0 Å². The zero-order valence-electron chi connectivity index (χ0n) is 8.22. The van der Waals surface area contributed by atoms with E-state index in [-0.39, 0.29) is 12.4 Å². The fraction of sp³-hybridized carbons (Fsp3) is 0.400. The van der Waals surface area contributed by atoms with E-state index in [1.807, 2.05) is 26.8 Å². The molecule has 2 nitrogen and oxygen atoms in total. The normalized spacial score (nSPS) is 9.54. The molecule has 0 fully saturated rings. The summed E-state index contributed by atoms with van der Waals surface area (Å²) in [5.74, 6) is 0.376. The Morgan fingerprint density at radius 2 is 1.77 bits per heavy atom. The van der Waals surface area contributed by atoms with Gasteiger partial charge in [-0.2, -0.15) is 0 Å². The molecule has 3 heteroatoms. The number of aromatic hydroxyl groups is 1. The van der Waals surface area contributed by atoms with E-state index in [9.17, 15) is 5.11 Å². The standard InChI is InChI=1S/C10H15NO.ClH/c1-6-4-7(2)10(12)8(3)9(6)5-11;/h4,12H,5,11H2,1-3H3;1H. The maximum absolute atomic E-state index is 9.59. The lowest BCUT2D eigenvalue weighted by Gasteiger charge is -2.11. The first kappa shape index (κ1) is 12.3. The summed E-state index contributed by atoms with van der Waals surface area (Å²) < 4.78 is 0. The SMILES string of the molecule is Cc1cc(C)c(CN)c(C)c1O.Cl. The van der Waals surface area contributed by atoms with E-state index in [2.05, 4.69) is 0 Å². The van der Waals surface area contributed by atoms with Gasteiger partial charge in [-0.25, -0.2) is 0 Å². The molecule has 0 spiro atoms. The highest BCUT2D eigenvalue weighted by Crippen LogP contribution is 2.26. The summed E-state index contributed by atoms with van der Waals surface area (Å²) in [6.45, 7) is 6.31. The van der Waals surface area contributed by atoms with Gasteiger partial charge in [0.1, 0.15) is 5.75 Å². The van der Waals surface area contributed by atoms with Crippen molar-refractivity contribution >= 4 is 12.4 Å². The van der Waals surface area contributed by atoms with Crippen molar-refractivity contribution < 1.29 is 5.11 Å². The molecule has 0 saturated carbocycles. The minimum Gasteiger partial charge on any atom is -0.507 e. The van der Waals surface area contributed by atoms with Gasteiger partial charge in [0.2, 0.25) is 0 Å². The Balaban J connectivity index is 0.00000144. The van der Waals surface area contributed by atoms with Crippen LogP contribution in [0.1, 0.15) is 22.3 Å². The highest BCUT2D eigenvalue weighted by molar-refractivity contribution is 5.85. The molecule has 0 aliphatic rings. The van der Waals surface area contributed by atoms with Gasteiger partial charge in [0, 0.05) is 6.54 Å². The average molecular weight is 202 g/mol. The van der Waals surface area contributed by atoms with E-state index in [1.54, 1.807) is 0 Å². The first-order valence-electron chi connectivity index (χ1n) is 4.06. The van der Waals surface area contributed by atoms with Gasteiger partial charge in [0.15, 0.2) is 0 Å². The van der Waals surface area contributed by atoms with E-state index in [4.69, 9.17) is 5.73 Å². The predicted molar refractivity (Wildman–Crippen MR) is 57.5 cm³/mol. The summed E-state index contributed by atoms with van der Waals surface area (Å²) in [6, 6.07) is 1.96. The number of phenolic OH excluding ortho intramolecular Hbond substituents is 1. The number of nitrogens with two attached hydrogens (primary N) is 1. The quantitative estimate of drug-likeness (QED) is 0.732. The zero-order valence-corrected chi connectivity index (χ0v) is 9.03. The smallest absolute Gasteiger partial charge is 0.121 e. The molecule has 0 aliphatic carbocycles. The van der Waals surface area contributed by atoms with Crippen molar-refractivity contribution in [2.75, 3.05) is 0 Å². The summed E-state index contributed by atoms with van der Waals surface area (Å²) in [4.78, 5) is 0. The first-order valence-corrected chi connectivity index (χ1v) is 4.06. The molecule has 0 aliphatic heterocycles. The molecule has 0 unspecified atom stereocenters. The zero-order chi connectivity index (χ0) is 9.30. The van der Waals surface area contributed by atoms with Gasteiger partial charge in [0.05, 0.1) is 0 Å². The van der Waals surface area contributed by atoms with Crippen LogP contribution in [-0.4, -0.2) is 5.11 Å². The van der Waals surface area contributed by atoms with E-state index in [1.165, 1.54) is 0 Å². The fourth-order valence-corrected chi connectivity index (χ4v) is 1.53. The van der Waals surface area contributed by atoms with E-state index >= 15 is 0 Å². The Kier molecular flexibility index (Phi) is 4.24. The van der Waals surface area contributed by atoms with Crippen LogP contribution in [0.25, 0.3) is 0 Å². The third kappa shape index (κ3) is 2.14. The molecule has 0 radical (unpaired) electrons. The molecule has 0 bridgehead atoms. The van der Waals surface area contributed by atoms with Crippen molar-refractivity contribution in [3.63, 3.8) is 0 Å². The van der Waals surface area contributed by atoms with Crippen LogP contribution >= 0.6 is 12.4 Å². The molecule has 0 aromatic heterocycles. The maximum atomic E-state index is 9.59. The lowest BCUT2D eigenvalue weighted by atomic mass is 9.99. The van der Waals surface area contributed by atoms with Crippen LogP contribution in [0.3, 0.4) is 0 Å². The number of halogens is 1. The topological polar surface area (TPSA) is 46.2 Å². The second-order valence-corrected chi connectivity index (χ2v) is 3.17. The summed E-state index contributed by atoms with van der Waals surface area (Å²) in [5.41, 5.74) is 9.60. The van der Waals surface area contributed by atoms with Crippen LogP contribution in [0.15, 0.2) is 6.07 Å². The molecule has 1 aromatic carbocycles. The van der Waals surface area contributed by atoms with Gasteiger partial charge in [-0.3, -0.25) is 0 Å².